The molecule has 3 N–H and O–H groups in total. The van der Waals surface area contributed by atoms with Gasteiger partial charge in [-0.2, -0.15) is 0 Å². The van der Waals surface area contributed by atoms with E-state index in [2.05, 4.69) is 15.5 Å². The van der Waals surface area contributed by atoms with Gasteiger partial charge in [0.15, 0.2) is 0 Å². The highest BCUT2D eigenvalue weighted by atomic mass is 16.4. The highest BCUT2D eigenvalue weighted by Crippen LogP contribution is 2.08. The van der Waals surface area contributed by atoms with Crippen molar-refractivity contribution in [2.24, 2.45) is 0 Å². The maximum atomic E-state index is 11.6. The van der Waals surface area contributed by atoms with Gasteiger partial charge in [-0.15, -0.1) is 0 Å². The highest BCUT2D eigenvalue weighted by Gasteiger charge is 2.23. The molecule has 1 rings (SSSR count). The molecule has 0 aliphatic carbocycles. The first-order chi connectivity index (χ1) is 8.39. The predicted octanol–water partition coefficient (Wildman–Crippen LogP) is 0.635. The summed E-state index contributed by atoms with van der Waals surface area (Å²) >= 11 is 0. The maximum Gasteiger partial charge on any atom is 0.315 e. The van der Waals surface area contributed by atoms with Crippen LogP contribution in [0.1, 0.15) is 33.1 Å². The van der Waals surface area contributed by atoms with E-state index in [1.165, 1.54) is 12.8 Å². The predicted molar refractivity (Wildman–Crippen MR) is 68.5 cm³/mol. The Bertz CT molecular complexity index is 299. The van der Waals surface area contributed by atoms with Crippen molar-refractivity contribution >= 4 is 12.0 Å². The summed E-state index contributed by atoms with van der Waals surface area (Å²) in [6.45, 7) is 7.05. The Kier molecular flexibility index (Phi) is 5.40. The molecule has 0 aromatic heterocycles. The number of carbonyl (C=O) groups excluding carboxylic acids is 1. The van der Waals surface area contributed by atoms with Crippen molar-refractivity contribution in [3.8, 4) is 0 Å². The normalized spacial score (nSPS) is 16.6. The third kappa shape index (κ3) is 5.86. The maximum absolute atomic E-state index is 11.6. The molecular formula is C12H23N3O3. The van der Waals surface area contributed by atoms with Gasteiger partial charge in [0.25, 0.3) is 0 Å². The molecule has 6 heteroatoms. The van der Waals surface area contributed by atoms with Gasteiger partial charge in [-0.1, -0.05) is 0 Å². The van der Waals surface area contributed by atoms with E-state index in [1.54, 1.807) is 13.8 Å². The zero-order valence-electron chi connectivity index (χ0n) is 11.2. The average molecular weight is 257 g/mol. The lowest BCUT2D eigenvalue weighted by Gasteiger charge is -2.24. The number of carboxylic acid groups (broad SMARTS) is 1. The van der Waals surface area contributed by atoms with Crippen LogP contribution >= 0.6 is 0 Å². The number of nitrogens with one attached hydrogen (secondary N) is 2. The summed E-state index contributed by atoms with van der Waals surface area (Å²) in [7, 11) is 0. The second-order valence-corrected chi connectivity index (χ2v) is 5.38. The van der Waals surface area contributed by atoms with Crippen molar-refractivity contribution in [3.63, 3.8) is 0 Å². The first kappa shape index (κ1) is 14.8. The number of likely N-dealkylation sites (tertiary alicyclic amines) is 1. The zero-order valence-corrected chi connectivity index (χ0v) is 11.2. The Morgan fingerprint density at radius 1 is 1.28 bits per heavy atom. The van der Waals surface area contributed by atoms with Crippen LogP contribution in [0.2, 0.25) is 0 Å². The van der Waals surface area contributed by atoms with Crippen LogP contribution < -0.4 is 10.6 Å². The molecule has 104 valence electrons. The molecule has 0 aromatic carbocycles. The summed E-state index contributed by atoms with van der Waals surface area (Å²) < 4.78 is 0. The Hall–Kier alpha value is -1.30. The van der Waals surface area contributed by atoms with Crippen molar-refractivity contribution in [1.82, 2.24) is 15.5 Å². The monoisotopic (exact) mass is 257 g/mol. The van der Waals surface area contributed by atoms with E-state index in [9.17, 15) is 9.59 Å². The first-order valence-corrected chi connectivity index (χ1v) is 6.39. The van der Waals surface area contributed by atoms with E-state index in [4.69, 9.17) is 5.11 Å². The summed E-state index contributed by atoms with van der Waals surface area (Å²) in [5.41, 5.74) is -0.733. The number of carbonyl (C=O) groups is 2. The molecule has 0 unspecified atom stereocenters. The zero-order chi connectivity index (χ0) is 13.6. The van der Waals surface area contributed by atoms with E-state index in [0.717, 1.165) is 19.6 Å². The standard InChI is InChI=1S/C12H23N3O3/c1-12(2,9-10(16)17)14-11(18)13-5-8-15-6-3-4-7-15/h3-9H2,1-2H3,(H,16,17)(H2,13,14,18). The molecule has 1 fully saturated rings. The molecule has 0 radical (unpaired) electrons. The van der Waals surface area contributed by atoms with Gasteiger partial charge in [0.2, 0.25) is 0 Å². The molecule has 0 spiro atoms. The van der Waals surface area contributed by atoms with E-state index >= 15 is 0 Å². The van der Waals surface area contributed by atoms with Gasteiger partial charge in [-0.3, -0.25) is 4.79 Å². The third-order valence-corrected chi connectivity index (χ3v) is 2.96. The first-order valence-electron chi connectivity index (χ1n) is 6.39. The average Bonchev–Trinajstić information content (AvgIpc) is 2.66. The molecule has 2 amide bonds. The number of rotatable bonds is 6. The smallest absolute Gasteiger partial charge is 0.315 e. The topological polar surface area (TPSA) is 81.7 Å². The molecule has 1 saturated heterocycles. The third-order valence-electron chi connectivity index (χ3n) is 2.96. The Labute approximate surface area is 108 Å². The molecule has 1 aliphatic heterocycles. The largest absolute Gasteiger partial charge is 0.481 e. The van der Waals surface area contributed by atoms with Gasteiger partial charge in [0.05, 0.1) is 6.42 Å². The molecule has 18 heavy (non-hydrogen) atoms. The number of carboxylic acids is 1. The quantitative estimate of drug-likeness (QED) is 0.652. The van der Waals surface area contributed by atoms with Crippen LogP contribution in [0.4, 0.5) is 4.79 Å². The van der Waals surface area contributed by atoms with Crippen LogP contribution in [0.5, 0.6) is 0 Å². The summed E-state index contributed by atoms with van der Waals surface area (Å²) in [6, 6.07) is -0.305. The van der Waals surface area contributed by atoms with Crippen molar-refractivity contribution < 1.29 is 14.7 Å². The molecular weight excluding hydrogens is 234 g/mol. The molecule has 0 saturated carbocycles. The fourth-order valence-corrected chi connectivity index (χ4v) is 2.11. The summed E-state index contributed by atoms with van der Waals surface area (Å²) in [4.78, 5) is 24.5. The number of nitrogens with zero attached hydrogens (tertiary/aromatic N) is 1. The van der Waals surface area contributed by atoms with Crippen molar-refractivity contribution in [3.05, 3.63) is 0 Å². The van der Waals surface area contributed by atoms with Gasteiger partial charge < -0.3 is 20.6 Å². The molecule has 6 nitrogen and oxygen atoms in total. The van der Waals surface area contributed by atoms with Crippen LogP contribution in [-0.2, 0) is 4.79 Å². The minimum atomic E-state index is -0.919. The van der Waals surface area contributed by atoms with Crippen LogP contribution in [-0.4, -0.2) is 53.7 Å². The molecule has 1 heterocycles. The molecule has 0 atom stereocenters. The van der Waals surface area contributed by atoms with Crippen LogP contribution in [0.15, 0.2) is 0 Å². The lowest BCUT2D eigenvalue weighted by Crippen LogP contribution is -2.50. The van der Waals surface area contributed by atoms with Crippen molar-refractivity contribution in [2.75, 3.05) is 26.2 Å². The lowest BCUT2D eigenvalue weighted by atomic mass is 10.0. The van der Waals surface area contributed by atoms with Gasteiger partial charge in [0.1, 0.15) is 0 Å². The minimum Gasteiger partial charge on any atom is -0.481 e. The second kappa shape index (κ2) is 6.58. The lowest BCUT2D eigenvalue weighted by molar-refractivity contribution is -0.138. The Morgan fingerprint density at radius 2 is 1.89 bits per heavy atom. The van der Waals surface area contributed by atoms with Gasteiger partial charge in [0, 0.05) is 18.6 Å². The summed E-state index contributed by atoms with van der Waals surface area (Å²) in [5, 5.41) is 14.1. The Balaban J connectivity index is 2.17. The van der Waals surface area contributed by atoms with Gasteiger partial charge in [-0.25, -0.2) is 4.79 Å². The van der Waals surface area contributed by atoms with E-state index in [1.807, 2.05) is 0 Å². The van der Waals surface area contributed by atoms with Crippen LogP contribution in [0.3, 0.4) is 0 Å². The fourth-order valence-electron chi connectivity index (χ4n) is 2.11. The number of hydrogen-bond acceptors (Lipinski definition) is 3. The number of urea groups is 1. The van der Waals surface area contributed by atoms with Crippen molar-refractivity contribution in [2.45, 2.75) is 38.6 Å². The highest BCUT2D eigenvalue weighted by molar-refractivity contribution is 5.76. The summed E-state index contributed by atoms with van der Waals surface area (Å²) in [5.74, 6) is -0.919. The number of aliphatic carboxylic acids is 1. The molecule has 1 aliphatic rings. The van der Waals surface area contributed by atoms with Crippen molar-refractivity contribution in [1.29, 1.82) is 0 Å². The second-order valence-electron chi connectivity index (χ2n) is 5.38. The van der Waals surface area contributed by atoms with E-state index in [-0.39, 0.29) is 12.5 Å². The molecule has 0 bridgehead atoms. The minimum absolute atomic E-state index is 0.0907. The Morgan fingerprint density at radius 3 is 2.44 bits per heavy atom. The fraction of sp³-hybridized carbons (Fsp3) is 0.833. The van der Waals surface area contributed by atoms with Crippen LogP contribution in [0.25, 0.3) is 0 Å². The van der Waals surface area contributed by atoms with Gasteiger partial charge in [-0.05, 0) is 39.8 Å². The van der Waals surface area contributed by atoms with Crippen LogP contribution in [0, 0.1) is 0 Å². The number of amides is 2. The summed E-state index contributed by atoms with van der Waals surface area (Å²) in [6.07, 6.45) is 2.38. The SMILES string of the molecule is CC(C)(CC(=O)O)NC(=O)NCCN1CCCC1. The van der Waals surface area contributed by atoms with E-state index in [0.29, 0.717) is 6.54 Å². The van der Waals surface area contributed by atoms with E-state index < -0.39 is 11.5 Å². The van der Waals surface area contributed by atoms with Gasteiger partial charge >= 0.3 is 12.0 Å². The number of hydrogen-bond donors (Lipinski definition) is 3. The molecule has 0 aromatic rings.